The van der Waals surface area contributed by atoms with Gasteiger partial charge in [0.25, 0.3) is 0 Å². The van der Waals surface area contributed by atoms with E-state index in [-0.39, 0.29) is 17.9 Å². The minimum atomic E-state index is 0.0347. The van der Waals surface area contributed by atoms with Crippen LogP contribution in [0.4, 0.5) is 0 Å². The van der Waals surface area contributed by atoms with Gasteiger partial charge in [0, 0.05) is 19.3 Å². The zero-order valence-corrected chi connectivity index (χ0v) is 11.3. The van der Waals surface area contributed by atoms with Crippen LogP contribution >= 0.6 is 0 Å². The molecule has 1 amide bonds. The predicted octanol–water partition coefficient (Wildman–Crippen LogP) is 1.41. The second-order valence-corrected chi connectivity index (χ2v) is 5.95. The van der Waals surface area contributed by atoms with Crippen LogP contribution in [0.5, 0.6) is 0 Å². The van der Waals surface area contributed by atoms with E-state index in [1.807, 2.05) is 25.2 Å². The molecule has 4 nitrogen and oxygen atoms in total. The zero-order valence-electron chi connectivity index (χ0n) is 11.3. The number of amides is 1. The molecule has 3 rings (SSSR count). The highest BCUT2D eigenvalue weighted by Gasteiger charge is 2.49. The molecule has 0 spiro atoms. The van der Waals surface area contributed by atoms with Crippen molar-refractivity contribution >= 4 is 5.91 Å². The average Bonchev–Trinajstić information content (AvgIpc) is 3.00. The zero-order chi connectivity index (χ0) is 13.4. The highest BCUT2D eigenvalue weighted by atomic mass is 16.2. The Labute approximate surface area is 114 Å². The number of carbonyl (C=O) groups excluding carboxylic acids is 1. The van der Waals surface area contributed by atoms with Gasteiger partial charge < -0.3 is 10.6 Å². The molecule has 0 saturated heterocycles. The molecule has 0 radical (unpaired) electrons. The third kappa shape index (κ3) is 2.25. The molecule has 2 aliphatic rings. The molecule has 2 bridgehead atoms. The summed E-state index contributed by atoms with van der Waals surface area (Å²) in [5.41, 5.74) is 7.16. The van der Waals surface area contributed by atoms with Gasteiger partial charge in [-0.1, -0.05) is 6.07 Å². The van der Waals surface area contributed by atoms with Gasteiger partial charge in [-0.05, 0) is 43.2 Å². The molecule has 4 atom stereocenters. The van der Waals surface area contributed by atoms with Gasteiger partial charge >= 0.3 is 0 Å². The molecule has 2 N–H and O–H groups in total. The average molecular weight is 259 g/mol. The molecule has 0 aliphatic heterocycles. The fourth-order valence-electron chi connectivity index (χ4n) is 3.77. The Morgan fingerprint density at radius 1 is 1.42 bits per heavy atom. The van der Waals surface area contributed by atoms with E-state index in [0.29, 0.717) is 18.4 Å². The lowest BCUT2D eigenvalue weighted by Gasteiger charge is -2.30. The van der Waals surface area contributed by atoms with E-state index < -0.39 is 0 Å². The van der Waals surface area contributed by atoms with E-state index in [1.54, 1.807) is 11.1 Å². The minimum Gasteiger partial charge on any atom is -0.340 e. The summed E-state index contributed by atoms with van der Waals surface area (Å²) in [5, 5.41) is 0. The Morgan fingerprint density at radius 3 is 2.84 bits per heavy atom. The number of rotatable bonds is 3. The van der Waals surface area contributed by atoms with Gasteiger partial charge in [-0.15, -0.1) is 0 Å². The molecule has 4 unspecified atom stereocenters. The van der Waals surface area contributed by atoms with Gasteiger partial charge in [0.05, 0.1) is 18.2 Å². The van der Waals surface area contributed by atoms with Gasteiger partial charge in [-0.3, -0.25) is 9.78 Å². The van der Waals surface area contributed by atoms with Crippen molar-refractivity contribution in [3.05, 3.63) is 30.1 Å². The summed E-state index contributed by atoms with van der Waals surface area (Å²) in [7, 11) is 1.86. The molecular weight excluding hydrogens is 238 g/mol. The molecule has 1 aromatic heterocycles. The van der Waals surface area contributed by atoms with Crippen molar-refractivity contribution in [1.82, 2.24) is 9.88 Å². The molecule has 2 fully saturated rings. The van der Waals surface area contributed by atoms with E-state index in [9.17, 15) is 4.79 Å². The number of fused-ring (bicyclic) bond motifs is 2. The van der Waals surface area contributed by atoms with Crippen LogP contribution in [-0.4, -0.2) is 28.9 Å². The Morgan fingerprint density at radius 2 is 2.21 bits per heavy atom. The lowest BCUT2D eigenvalue weighted by molar-refractivity contribution is -0.137. The standard InChI is InChI=1S/C15H21N3O/c1-18(9-12-4-2-3-7-17-12)15(19)13-10-5-6-11(8-10)14(13)16/h2-4,7,10-11,13-14H,5-6,8-9,16H2,1H3. The van der Waals surface area contributed by atoms with Crippen LogP contribution in [0, 0.1) is 17.8 Å². The number of nitrogens with two attached hydrogens (primary N) is 1. The smallest absolute Gasteiger partial charge is 0.227 e. The maximum absolute atomic E-state index is 12.6. The van der Waals surface area contributed by atoms with E-state index in [0.717, 1.165) is 12.1 Å². The largest absolute Gasteiger partial charge is 0.340 e. The van der Waals surface area contributed by atoms with E-state index >= 15 is 0 Å². The first-order chi connectivity index (χ1) is 9.16. The van der Waals surface area contributed by atoms with E-state index in [4.69, 9.17) is 5.73 Å². The Bertz CT molecular complexity index is 460. The molecule has 0 aromatic carbocycles. The molecule has 102 valence electrons. The number of aromatic nitrogens is 1. The second-order valence-electron chi connectivity index (χ2n) is 5.95. The molecule has 4 heteroatoms. The molecule has 1 heterocycles. The highest BCUT2D eigenvalue weighted by Crippen LogP contribution is 2.48. The molecule has 2 aliphatic carbocycles. The molecule has 1 aromatic rings. The summed E-state index contributed by atoms with van der Waals surface area (Å²) >= 11 is 0. The highest BCUT2D eigenvalue weighted by molar-refractivity contribution is 5.80. The van der Waals surface area contributed by atoms with Crippen LogP contribution in [0.2, 0.25) is 0 Å². The van der Waals surface area contributed by atoms with Crippen LogP contribution in [0.3, 0.4) is 0 Å². The molecule has 2 saturated carbocycles. The summed E-state index contributed by atoms with van der Waals surface area (Å²) in [5.74, 6) is 1.32. The maximum Gasteiger partial charge on any atom is 0.227 e. The van der Waals surface area contributed by atoms with Crippen LogP contribution in [-0.2, 0) is 11.3 Å². The van der Waals surface area contributed by atoms with Gasteiger partial charge in [-0.2, -0.15) is 0 Å². The van der Waals surface area contributed by atoms with Crippen molar-refractivity contribution in [3.8, 4) is 0 Å². The van der Waals surface area contributed by atoms with Crippen LogP contribution in [0.25, 0.3) is 0 Å². The van der Waals surface area contributed by atoms with E-state index in [1.165, 1.54) is 12.8 Å². The quantitative estimate of drug-likeness (QED) is 0.893. The Balaban J connectivity index is 1.67. The Kier molecular flexibility index (Phi) is 3.27. The normalized spacial score (nSPS) is 32.5. The van der Waals surface area contributed by atoms with Gasteiger partial charge in [0.15, 0.2) is 0 Å². The van der Waals surface area contributed by atoms with Crippen molar-refractivity contribution in [2.45, 2.75) is 31.8 Å². The summed E-state index contributed by atoms with van der Waals surface area (Å²) in [6, 6.07) is 5.85. The maximum atomic E-state index is 12.6. The number of hydrogen-bond donors (Lipinski definition) is 1. The molecule has 19 heavy (non-hydrogen) atoms. The molecular formula is C15H21N3O. The summed E-state index contributed by atoms with van der Waals surface area (Å²) in [6.07, 6.45) is 5.29. The van der Waals surface area contributed by atoms with Gasteiger partial charge in [-0.25, -0.2) is 0 Å². The van der Waals surface area contributed by atoms with Gasteiger partial charge in [0.1, 0.15) is 0 Å². The number of pyridine rings is 1. The van der Waals surface area contributed by atoms with Crippen molar-refractivity contribution < 1.29 is 4.79 Å². The SMILES string of the molecule is CN(Cc1ccccn1)C(=O)C1C2CCC(C2)C1N. The van der Waals surface area contributed by atoms with Crippen molar-refractivity contribution in [3.63, 3.8) is 0 Å². The topological polar surface area (TPSA) is 59.2 Å². The monoisotopic (exact) mass is 259 g/mol. The van der Waals surface area contributed by atoms with Crippen molar-refractivity contribution in [1.29, 1.82) is 0 Å². The Hall–Kier alpha value is -1.42. The number of nitrogens with zero attached hydrogens (tertiary/aromatic N) is 2. The fraction of sp³-hybridized carbons (Fsp3) is 0.600. The van der Waals surface area contributed by atoms with Crippen LogP contribution in [0.15, 0.2) is 24.4 Å². The number of carbonyl (C=O) groups is 1. The first-order valence-corrected chi connectivity index (χ1v) is 7.07. The third-order valence-electron chi connectivity index (χ3n) is 4.77. The fourth-order valence-corrected chi connectivity index (χ4v) is 3.77. The first kappa shape index (κ1) is 12.6. The summed E-state index contributed by atoms with van der Waals surface area (Å²) in [6.45, 7) is 0.570. The first-order valence-electron chi connectivity index (χ1n) is 7.07. The lowest BCUT2D eigenvalue weighted by atomic mass is 9.84. The van der Waals surface area contributed by atoms with Crippen molar-refractivity contribution in [2.24, 2.45) is 23.5 Å². The van der Waals surface area contributed by atoms with Crippen LogP contribution in [0.1, 0.15) is 25.0 Å². The third-order valence-corrected chi connectivity index (χ3v) is 4.77. The lowest BCUT2D eigenvalue weighted by Crippen LogP contribution is -2.45. The van der Waals surface area contributed by atoms with E-state index in [2.05, 4.69) is 4.98 Å². The number of hydrogen-bond acceptors (Lipinski definition) is 3. The predicted molar refractivity (Wildman–Crippen MR) is 73.0 cm³/mol. The van der Waals surface area contributed by atoms with Crippen LogP contribution < -0.4 is 5.73 Å². The summed E-state index contributed by atoms with van der Waals surface area (Å²) in [4.78, 5) is 18.6. The second kappa shape index (κ2) is 4.93. The van der Waals surface area contributed by atoms with Gasteiger partial charge in [0.2, 0.25) is 5.91 Å². The summed E-state index contributed by atoms with van der Waals surface area (Å²) < 4.78 is 0. The minimum absolute atomic E-state index is 0.0347. The van der Waals surface area contributed by atoms with Crippen molar-refractivity contribution in [2.75, 3.05) is 7.05 Å².